The van der Waals surface area contributed by atoms with E-state index in [0.717, 1.165) is 0 Å². The highest BCUT2D eigenvalue weighted by atomic mass is 32.2. The van der Waals surface area contributed by atoms with Crippen LogP contribution in [0.5, 0.6) is 0 Å². The fraction of sp³-hybridized carbons (Fsp3) is 0. The number of hydrazine groups is 2. The number of para-hydroxylation sites is 2. The van der Waals surface area contributed by atoms with Gasteiger partial charge in [-0.05, 0) is 42.5 Å². The van der Waals surface area contributed by atoms with E-state index in [0.29, 0.717) is 11.4 Å². The number of hydrogen-bond acceptors (Lipinski definition) is 6. The zero-order valence-corrected chi connectivity index (χ0v) is 15.3. The predicted octanol–water partition coefficient (Wildman–Crippen LogP) is 3.49. The van der Waals surface area contributed by atoms with E-state index in [-0.39, 0.29) is 16.1 Å². The van der Waals surface area contributed by atoms with Crippen molar-refractivity contribution in [2.75, 3.05) is 16.0 Å². The zero-order valence-electron chi connectivity index (χ0n) is 14.5. The van der Waals surface area contributed by atoms with E-state index in [1.54, 1.807) is 48.5 Å². The van der Waals surface area contributed by atoms with Crippen LogP contribution in [0.1, 0.15) is 10.4 Å². The molecule has 3 aromatic rings. The number of nitrogens with one attached hydrogen (secondary N) is 2. The van der Waals surface area contributed by atoms with Gasteiger partial charge in [0, 0.05) is 0 Å². The third-order valence-electron chi connectivity index (χ3n) is 3.78. The largest absolute Gasteiger partial charge is 0.478 e. The van der Waals surface area contributed by atoms with Crippen LogP contribution in [0.3, 0.4) is 0 Å². The van der Waals surface area contributed by atoms with Crippen LogP contribution in [0.25, 0.3) is 0 Å². The molecule has 0 heterocycles. The molecule has 0 saturated carbocycles. The first-order chi connectivity index (χ1) is 13.3. The maximum atomic E-state index is 11.5. The standard InChI is InChI=1S/C19H17N3O5S/c23-19(24)17-11-4-5-12-18(17)21-22(20-14-7-2-1-3-8-14)15-9-6-10-16(13-15)28(25,26)27/h1-13,20-21H,(H,23,24)(H,25,26,27). The lowest BCUT2D eigenvalue weighted by Gasteiger charge is -2.28. The Labute approximate surface area is 161 Å². The van der Waals surface area contributed by atoms with Crippen LogP contribution in [0.2, 0.25) is 0 Å². The molecule has 28 heavy (non-hydrogen) atoms. The van der Waals surface area contributed by atoms with Gasteiger partial charge in [0.05, 0.1) is 27.5 Å². The Kier molecular flexibility index (Phi) is 5.48. The Morgan fingerprint density at radius 2 is 1.54 bits per heavy atom. The summed E-state index contributed by atoms with van der Waals surface area (Å²) in [6.45, 7) is 0. The molecule has 3 rings (SSSR count). The van der Waals surface area contributed by atoms with Gasteiger partial charge in [-0.2, -0.15) is 13.5 Å². The van der Waals surface area contributed by atoms with Crippen LogP contribution in [-0.2, 0) is 10.1 Å². The van der Waals surface area contributed by atoms with Crippen molar-refractivity contribution < 1.29 is 22.9 Å². The molecular formula is C19H17N3O5S. The highest BCUT2D eigenvalue weighted by Crippen LogP contribution is 2.23. The van der Waals surface area contributed by atoms with Crippen molar-refractivity contribution >= 4 is 33.1 Å². The summed E-state index contributed by atoms with van der Waals surface area (Å²) in [6.07, 6.45) is 0. The van der Waals surface area contributed by atoms with Gasteiger partial charge in [-0.25, -0.2) is 4.79 Å². The monoisotopic (exact) mass is 399 g/mol. The summed E-state index contributed by atoms with van der Waals surface area (Å²) in [6, 6.07) is 20.9. The van der Waals surface area contributed by atoms with E-state index in [4.69, 9.17) is 0 Å². The highest BCUT2D eigenvalue weighted by molar-refractivity contribution is 7.85. The lowest BCUT2D eigenvalue weighted by molar-refractivity contribution is 0.0698. The molecule has 4 N–H and O–H groups in total. The summed E-state index contributed by atoms with van der Waals surface area (Å²) in [4.78, 5) is 11.2. The second-order valence-corrected chi connectivity index (χ2v) is 7.17. The molecule has 0 fully saturated rings. The maximum Gasteiger partial charge on any atom is 0.337 e. The minimum atomic E-state index is -4.40. The molecule has 3 aromatic carbocycles. The number of carboxylic acid groups (broad SMARTS) is 1. The van der Waals surface area contributed by atoms with Gasteiger partial charge >= 0.3 is 5.97 Å². The zero-order chi connectivity index (χ0) is 20.1. The molecule has 0 aliphatic rings. The number of benzene rings is 3. The molecule has 0 aliphatic carbocycles. The van der Waals surface area contributed by atoms with Gasteiger partial charge in [0.15, 0.2) is 0 Å². The summed E-state index contributed by atoms with van der Waals surface area (Å²) >= 11 is 0. The van der Waals surface area contributed by atoms with E-state index in [9.17, 15) is 22.9 Å². The molecule has 9 heteroatoms. The SMILES string of the molecule is O=C(O)c1ccccc1NN(Nc1ccccc1)c1cccc(S(=O)(=O)O)c1. The number of carbonyl (C=O) groups is 1. The molecule has 144 valence electrons. The number of carboxylic acids is 1. The lowest BCUT2D eigenvalue weighted by Crippen LogP contribution is -2.36. The maximum absolute atomic E-state index is 11.5. The predicted molar refractivity (Wildman–Crippen MR) is 106 cm³/mol. The first kappa shape index (κ1) is 19.2. The van der Waals surface area contributed by atoms with Gasteiger partial charge in [0.25, 0.3) is 10.1 Å². The van der Waals surface area contributed by atoms with Crippen molar-refractivity contribution in [2.45, 2.75) is 4.90 Å². The van der Waals surface area contributed by atoms with Crippen molar-refractivity contribution in [1.29, 1.82) is 0 Å². The number of aromatic carboxylic acids is 1. The molecule has 0 amide bonds. The van der Waals surface area contributed by atoms with Crippen molar-refractivity contribution in [2.24, 2.45) is 0 Å². The van der Waals surface area contributed by atoms with Gasteiger partial charge in [0.2, 0.25) is 0 Å². The fourth-order valence-electron chi connectivity index (χ4n) is 2.47. The van der Waals surface area contributed by atoms with Gasteiger partial charge in [-0.15, -0.1) is 0 Å². The normalized spacial score (nSPS) is 10.9. The van der Waals surface area contributed by atoms with E-state index >= 15 is 0 Å². The van der Waals surface area contributed by atoms with Gasteiger partial charge < -0.3 is 5.11 Å². The highest BCUT2D eigenvalue weighted by Gasteiger charge is 2.16. The summed E-state index contributed by atoms with van der Waals surface area (Å²) in [5.74, 6) is -1.12. The Morgan fingerprint density at radius 3 is 2.21 bits per heavy atom. The summed E-state index contributed by atoms with van der Waals surface area (Å²) in [7, 11) is -4.40. The van der Waals surface area contributed by atoms with E-state index in [2.05, 4.69) is 10.9 Å². The topological polar surface area (TPSA) is 119 Å². The molecule has 0 aliphatic heterocycles. The van der Waals surface area contributed by atoms with Crippen molar-refractivity contribution in [3.05, 3.63) is 84.4 Å². The van der Waals surface area contributed by atoms with E-state index in [1.807, 2.05) is 6.07 Å². The Bertz CT molecular complexity index is 1090. The Balaban J connectivity index is 2.02. The molecule has 8 nitrogen and oxygen atoms in total. The van der Waals surface area contributed by atoms with Crippen LogP contribution in [0.15, 0.2) is 83.8 Å². The summed E-state index contributed by atoms with van der Waals surface area (Å²) in [5, 5.41) is 10.8. The minimum absolute atomic E-state index is 0.0355. The smallest absolute Gasteiger partial charge is 0.337 e. The van der Waals surface area contributed by atoms with Crippen LogP contribution in [0.4, 0.5) is 17.1 Å². The van der Waals surface area contributed by atoms with Crippen molar-refractivity contribution in [3.8, 4) is 0 Å². The van der Waals surface area contributed by atoms with E-state index in [1.165, 1.54) is 29.4 Å². The van der Waals surface area contributed by atoms with Gasteiger partial charge in [-0.1, -0.05) is 36.4 Å². The lowest BCUT2D eigenvalue weighted by atomic mass is 10.2. The minimum Gasteiger partial charge on any atom is -0.478 e. The first-order valence-electron chi connectivity index (χ1n) is 8.13. The van der Waals surface area contributed by atoms with E-state index < -0.39 is 16.1 Å². The number of nitrogens with zero attached hydrogens (tertiary/aromatic N) is 1. The molecule has 0 saturated heterocycles. The van der Waals surface area contributed by atoms with Gasteiger partial charge in [0.1, 0.15) is 0 Å². The number of hydrogen-bond donors (Lipinski definition) is 4. The third kappa shape index (κ3) is 4.58. The van der Waals surface area contributed by atoms with Crippen molar-refractivity contribution in [1.82, 2.24) is 0 Å². The molecule has 0 atom stereocenters. The van der Waals surface area contributed by atoms with Crippen LogP contribution in [0, 0.1) is 0 Å². The molecular weight excluding hydrogens is 382 g/mol. The second kappa shape index (κ2) is 7.99. The molecule has 0 unspecified atom stereocenters. The fourth-order valence-corrected chi connectivity index (χ4v) is 2.99. The second-order valence-electron chi connectivity index (χ2n) is 5.75. The first-order valence-corrected chi connectivity index (χ1v) is 9.57. The quantitative estimate of drug-likeness (QED) is 0.352. The Hall–Kier alpha value is -3.56. The molecule has 0 spiro atoms. The van der Waals surface area contributed by atoms with Crippen LogP contribution >= 0.6 is 0 Å². The Morgan fingerprint density at radius 1 is 0.857 bits per heavy atom. The average Bonchev–Trinajstić information content (AvgIpc) is 2.68. The van der Waals surface area contributed by atoms with Crippen LogP contribution in [-0.4, -0.2) is 24.0 Å². The number of rotatable bonds is 7. The summed E-state index contributed by atoms with van der Waals surface area (Å²) < 4.78 is 32.3. The van der Waals surface area contributed by atoms with Gasteiger partial charge in [-0.3, -0.25) is 15.4 Å². The molecule has 0 bridgehead atoms. The summed E-state index contributed by atoms with van der Waals surface area (Å²) in [5.41, 5.74) is 7.30. The third-order valence-corrected chi connectivity index (χ3v) is 4.63. The van der Waals surface area contributed by atoms with Crippen molar-refractivity contribution in [3.63, 3.8) is 0 Å². The van der Waals surface area contributed by atoms with Crippen LogP contribution < -0.4 is 16.0 Å². The number of anilines is 3. The molecule has 0 aromatic heterocycles. The molecule has 0 radical (unpaired) electrons. The average molecular weight is 399 g/mol.